The highest BCUT2D eigenvalue weighted by Crippen LogP contribution is 2.58. The molecule has 0 saturated carbocycles. The minimum atomic E-state index is -3.89. The number of rotatable bonds is 7. The van der Waals surface area contributed by atoms with E-state index >= 15 is 0 Å². The average molecular weight is 543 g/mol. The van der Waals surface area contributed by atoms with E-state index in [0.29, 0.717) is 6.42 Å². The number of phosphoric ester groups is 1. The summed E-state index contributed by atoms with van der Waals surface area (Å²) in [6, 6.07) is 9.51. The first-order valence-corrected chi connectivity index (χ1v) is 14.8. The zero-order valence-corrected chi connectivity index (χ0v) is 22.6. The Morgan fingerprint density at radius 3 is 2.77 bits per heavy atom. The molecule has 0 bridgehead atoms. The second kappa shape index (κ2) is 10.2. The first-order chi connectivity index (χ1) is 16.4. The van der Waals surface area contributed by atoms with Gasteiger partial charge >= 0.3 is 13.5 Å². The molecule has 0 radical (unpaired) electrons. The number of fused-ring (bicyclic) bond motifs is 1. The summed E-state index contributed by atoms with van der Waals surface area (Å²) >= 11 is 0. The van der Waals surface area contributed by atoms with Crippen molar-refractivity contribution >= 4 is 35.2 Å². The summed E-state index contributed by atoms with van der Waals surface area (Å²) in [6.45, 7) is 8.25. The zero-order chi connectivity index (χ0) is 25.4. The molecule has 10 nitrogen and oxygen atoms in total. The monoisotopic (exact) mass is 542 g/mol. The van der Waals surface area contributed by atoms with Crippen LogP contribution in [-0.4, -0.2) is 45.3 Å². The smallest absolute Gasteiger partial charge is 0.383 e. The first-order valence-electron chi connectivity index (χ1n) is 11.2. The van der Waals surface area contributed by atoms with Gasteiger partial charge in [0, 0.05) is 15.8 Å². The molecule has 5 atom stereocenters. The van der Waals surface area contributed by atoms with E-state index in [9.17, 15) is 9.36 Å². The van der Waals surface area contributed by atoms with Gasteiger partial charge in [0.15, 0.2) is 6.23 Å². The molecule has 2 aliphatic heterocycles. The van der Waals surface area contributed by atoms with Crippen molar-refractivity contribution in [1.29, 1.82) is 0 Å². The van der Waals surface area contributed by atoms with Crippen LogP contribution in [0, 0.1) is 0 Å². The van der Waals surface area contributed by atoms with Gasteiger partial charge in [-0.05, 0) is 31.0 Å². The third-order valence-electron chi connectivity index (χ3n) is 5.51. The van der Waals surface area contributed by atoms with E-state index in [0.717, 1.165) is 10.5 Å². The SMILES string of the molecule is CC(C)(C)SSc1ccccc1CCOP1(=O)OC[C@H]2O[C@@H](n3ccc(N)nc3=O)[C@](C)(N)[C@@H]2O1. The molecule has 0 amide bonds. The highest BCUT2D eigenvalue weighted by Gasteiger charge is 2.59. The Labute approximate surface area is 212 Å². The topological polar surface area (TPSA) is 141 Å². The number of hydrogen-bond acceptors (Lipinski definition) is 11. The lowest BCUT2D eigenvalue weighted by Crippen LogP contribution is -2.55. The fourth-order valence-electron chi connectivity index (χ4n) is 3.83. The van der Waals surface area contributed by atoms with Crippen molar-refractivity contribution in [2.24, 2.45) is 5.73 Å². The van der Waals surface area contributed by atoms with Crippen molar-refractivity contribution in [3.8, 4) is 0 Å². The van der Waals surface area contributed by atoms with E-state index in [-0.39, 0.29) is 23.8 Å². The molecule has 2 aromatic rings. The third-order valence-corrected chi connectivity index (χ3v) is 10.4. The Bertz CT molecular complexity index is 1170. The van der Waals surface area contributed by atoms with Crippen LogP contribution in [0.5, 0.6) is 0 Å². The predicted molar refractivity (Wildman–Crippen MR) is 137 cm³/mol. The number of aromatic nitrogens is 2. The summed E-state index contributed by atoms with van der Waals surface area (Å²) in [5.74, 6) is 0.0924. The number of benzene rings is 1. The van der Waals surface area contributed by atoms with Crippen LogP contribution < -0.4 is 17.2 Å². The van der Waals surface area contributed by atoms with Gasteiger partial charge in [-0.3, -0.25) is 18.1 Å². The van der Waals surface area contributed by atoms with Crippen molar-refractivity contribution in [3.05, 3.63) is 52.6 Å². The molecule has 4 N–H and O–H groups in total. The van der Waals surface area contributed by atoms with Crippen LogP contribution in [0.4, 0.5) is 5.82 Å². The molecule has 2 aliphatic rings. The van der Waals surface area contributed by atoms with Gasteiger partial charge in [-0.2, -0.15) is 4.98 Å². The Morgan fingerprint density at radius 1 is 1.31 bits per heavy atom. The maximum atomic E-state index is 13.3. The normalized spacial score (nSPS) is 30.8. The fraction of sp³-hybridized carbons (Fsp3) is 0.545. The van der Waals surface area contributed by atoms with Gasteiger partial charge in [0.2, 0.25) is 0 Å². The standard InChI is InChI=1S/C22H31N4O6PS2/c1-21(2,3)35-34-16-8-6-5-7-14(16)10-12-29-33(28)30-13-15-18(32-33)22(4,24)19(31-15)26-11-9-17(23)25-20(26)27/h5-9,11,15,18-19H,10,12-13,24H2,1-4H3,(H2,23,25,27)/t15-,18-,19-,22-,33?/m1/s1. The lowest BCUT2D eigenvalue weighted by atomic mass is 9.93. The summed E-state index contributed by atoms with van der Waals surface area (Å²) in [5.41, 5.74) is 11.4. The second-order valence-electron chi connectivity index (χ2n) is 9.67. The van der Waals surface area contributed by atoms with Gasteiger partial charge in [0.1, 0.15) is 18.0 Å². The van der Waals surface area contributed by atoms with Crippen LogP contribution in [0.25, 0.3) is 0 Å². The van der Waals surface area contributed by atoms with Crippen LogP contribution in [-0.2, 0) is 29.3 Å². The number of anilines is 1. The molecule has 35 heavy (non-hydrogen) atoms. The van der Waals surface area contributed by atoms with E-state index in [2.05, 4.69) is 31.8 Å². The highest BCUT2D eigenvalue weighted by molar-refractivity contribution is 8.77. The maximum Gasteiger partial charge on any atom is 0.475 e. The van der Waals surface area contributed by atoms with Gasteiger partial charge in [-0.15, -0.1) is 0 Å². The number of phosphoric acid groups is 1. The predicted octanol–water partition coefficient (Wildman–Crippen LogP) is 3.76. The molecule has 4 rings (SSSR count). The van der Waals surface area contributed by atoms with Crippen LogP contribution in [0.15, 0.2) is 46.2 Å². The fourth-order valence-corrected chi connectivity index (χ4v) is 7.57. The molecule has 0 spiro atoms. The molecule has 0 aliphatic carbocycles. The van der Waals surface area contributed by atoms with Gasteiger partial charge in [-0.25, -0.2) is 9.36 Å². The van der Waals surface area contributed by atoms with Crippen LogP contribution in [0.3, 0.4) is 0 Å². The summed E-state index contributed by atoms with van der Waals surface area (Å²) in [5, 5.41) is 0. The molecular formula is C22H31N4O6PS2. The van der Waals surface area contributed by atoms with Crippen molar-refractivity contribution in [1.82, 2.24) is 9.55 Å². The maximum absolute atomic E-state index is 13.3. The molecule has 192 valence electrons. The van der Waals surface area contributed by atoms with Gasteiger partial charge in [0.05, 0.1) is 18.8 Å². The number of nitrogens with zero attached hydrogens (tertiary/aromatic N) is 2. The lowest BCUT2D eigenvalue weighted by Gasteiger charge is -2.35. The Balaban J connectivity index is 1.41. The van der Waals surface area contributed by atoms with Crippen LogP contribution in [0.1, 0.15) is 39.5 Å². The van der Waals surface area contributed by atoms with Gasteiger partial charge in [0.25, 0.3) is 0 Å². The number of hydrogen-bond donors (Lipinski definition) is 2. The molecule has 1 aromatic heterocycles. The van der Waals surface area contributed by atoms with Crippen molar-refractivity contribution in [2.75, 3.05) is 18.9 Å². The molecule has 1 aromatic carbocycles. The lowest BCUT2D eigenvalue weighted by molar-refractivity contribution is -0.0721. The van der Waals surface area contributed by atoms with Crippen LogP contribution in [0.2, 0.25) is 0 Å². The molecule has 1 unspecified atom stereocenters. The molecular weight excluding hydrogens is 511 g/mol. The number of nitrogen functional groups attached to an aromatic ring is 1. The van der Waals surface area contributed by atoms with Crippen LogP contribution >= 0.6 is 29.4 Å². The van der Waals surface area contributed by atoms with E-state index in [1.165, 1.54) is 16.8 Å². The van der Waals surface area contributed by atoms with Crippen molar-refractivity contribution < 1.29 is 22.9 Å². The Hall–Kier alpha value is -1.37. The minimum Gasteiger partial charge on any atom is -0.383 e. The largest absolute Gasteiger partial charge is 0.475 e. The quantitative estimate of drug-likeness (QED) is 0.390. The molecule has 2 saturated heterocycles. The highest BCUT2D eigenvalue weighted by atomic mass is 33.1. The van der Waals surface area contributed by atoms with E-state index < -0.39 is 37.5 Å². The summed E-state index contributed by atoms with van der Waals surface area (Å²) < 4.78 is 37.5. The molecule has 13 heteroatoms. The average Bonchev–Trinajstić information content (AvgIpc) is 3.02. The molecule has 2 fully saturated rings. The zero-order valence-electron chi connectivity index (χ0n) is 20.1. The Kier molecular flexibility index (Phi) is 7.76. The van der Waals surface area contributed by atoms with E-state index in [1.807, 2.05) is 18.2 Å². The van der Waals surface area contributed by atoms with Gasteiger partial charge in [-0.1, -0.05) is 60.6 Å². The van der Waals surface area contributed by atoms with Gasteiger partial charge < -0.3 is 16.2 Å². The van der Waals surface area contributed by atoms with E-state index in [4.69, 9.17) is 29.8 Å². The first kappa shape index (κ1) is 26.7. The third kappa shape index (κ3) is 6.14. The molecule has 3 heterocycles. The summed E-state index contributed by atoms with van der Waals surface area (Å²) in [4.78, 5) is 17.2. The number of ether oxygens (including phenoxy) is 1. The number of nitrogens with two attached hydrogens (primary N) is 2. The Morgan fingerprint density at radius 2 is 2.06 bits per heavy atom. The summed E-state index contributed by atoms with van der Waals surface area (Å²) in [6.07, 6.45) is -0.358. The summed E-state index contributed by atoms with van der Waals surface area (Å²) in [7, 11) is -0.403. The minimum absolute atomic E-state index is 0.0446. The second-order valence-corrected chi connectivity index (χ2v) is 14.3. The van der Waals surface area contributed by atoms with Crippen molar-refractivity contribution in [2.45, 2.75) is 67.7 Å². The van der Waals surface area contributed by atoms with E-state index in [1.54, 1.807) is 28.5 Å². The van der Waals surface area contributed by atoms with Crippen molar-refractivity contribution in [3.63, 3.8) is 0 Å².